The highest BCUT2D eigenvalue weighted by atomic mass is 16.6. The number of carbonyl (C=O) groups is 2. The van der Waals surface area contributed by atoms with E-state index in [9.17, 15) is 24.6 Å². The lowest BCUT2D eigenvalue weighted by molar-refractivity contribution is -0.153. The molecule has 1 amide bonds. The van der Waals surface area contributed by atoms with Gasteiger partial charge in [-0.2, -0.15) is 4.98 Å². The van der Waals surface area contributed by atoms with Crippen molar-refractivity contribution < 1.29 is 29.3 Å². The zero-order chi connectivity index (χ0) is 35.7. The number of hydrogen-bond acceptors (Lipinski definition) is 10. The minimum Gasteiger partial charge on any atom is -0.508 e. The minimum atomic E-state index is -0.979. The van der Waals surface area contributed by atoms with Crippen molar-refractivity contribution in [3.8, 4) is 5.75 Å². The van der Waals surface area contributed by atoms with Crippen molar-refractivity contribution in [2.75, 3.05) is 12.3 Å². The maximum atomic E-state index is 13.3. The molecule has 1 aliphatic rings. The van der Waals surface area contributed by atoms with Gasteiger partial charge in [0.05, 0.1) is 12.4 Å². The number of aliphatic hydroxyl groups is 1. The first-order valence-electron chi connectivity index (χ1n) is 17.8. The van der Waals surface area contributed by atoms with Crippen LogP contribution in [0.2, 0.25) is 0 Å². The average Bonchev–Trinajstić information content (AvgIpc) is 3.69. The molecule has 0 saturated carbocycles. The molecule has 13 nitrogen and oxygen atoms in total. The van der Waals surface area contributed by atoms with Gasteiger partial charge < -0.3 is 30.7 Å². The molecule has 0 aliphatic carbocycles. The molecular formula is C37H52N6O7. The topological polar surface area (TPSA) is 195 Å². The van der Waals surface area contributed by atoms with Crippen LogP contribution in [0.4, 0.5) is 5.95 Å². The normalized spacial score (nSPS) is 18.3. The fourth-order valence-corrected chi connectivity index (χ4v) is 5.88. The summed E-state index contributed by atoms with van der Waals surface area (Å²) in [5.41, 5.74) is 6.22. The first-order chi connectivity index (χ1) is 24.2. The Bertz CT molecular complexity index is 1620. The van der Waals surface area contributed by atoms with E-state index in [1.165, 1.54) is 42.3 Å². The number of rotatable bonds is 21. The number of aromatic amines is 1. The highest BCUT2D eigenvalue weighted by molar-refractivity contribution is 5.84. The summed E-state index contributed by atoms with van der Waals surface area (Å²) in [5, 5.41) is 23.2. The fraction of sp³-hybridized carbons (Fsp3) is 0.541. The Kier molecular flexibility index (Phi) is 15.5. The summed E-state index contributed by atoms with van der Waals surface area (Å²) < 4.78 is 13.0. The molecule has 2 aromatic heterocycles. The second-order valence-electron chi connectivity index (χ2n) is 12.8. The third kappa shape index (κ3) is 12.1. The van der Waals surface area contributed by atoms with Crippen LogP contribution in [0.15, 0.2) is 59.7 Å². The number of aromatic hydroxyl groups is 1. The van der Waals surface area contributed by atoms with Crippen LogP contribution in [0.25, 0.3) is 11.2 Å². The van der Waals surface area contributed by atoms with Gasteiger partial charge in [-0.15, -0.1) is 0 Å². The van der Waals surface area contributed by atoms with Crippen molar-refractivity contribution in [1.82, 2.24) is 24.8 Å². The lowest BCUT2D eigenvalue weighted by Gasteiger charge is -2.20. The van der Waals surface area contributed by atoms with Gasteiger partial charge in [-0.3, -0.25) is 19.1 Å². The van der Waals surface area contributed by atoms with E-state index in [4.69, 9.17) is 15.2 Å². The maximum Gasteiger partial charge on any atom is 0.329 e. The van der Waals surface area contributed by atoms with Crippen LogP contribution in [0.5, 0.6) is 5.75 Å². The highest BCUT2D eigenvalue weighted by Gasteiger charge is 2.37. The van der Waals surface area contributed by atoms with Gasteiger partial charge in [0, 0.05) is 19.3 Å². The van der Waals surface area contributed by atoms with Gasteiger partial charge in [-0.25, -0.2) is 9.78 Å². The number of amides is 1. The average molecular weight is 693 g/mol. The first-order valence-corrected chi connectivity index (χ1v) is 17.8. The number of nitrogen functional groups attached to an aromatic ring is 1. The number of unbranched alkanes of at least 4 members (excludes halogenated alkanes) is 8. The van der Waals surface area contributed by atoms with Crippen LogP contribution in [0.3, 0.4) is 0 Å². The van der Waals surface area contributed by atoms with E-state index in [0.717, 1.165) is 50.5 Å². The molecule has 1 saturated heterocycles. The van der Waals surface area contributed by atoms with E-state index >= 15 is 0 Å². The number of H-pyrrole nitrogens is 1. The number of anilines is 1. The highest BCUT2D eigenvalue weighted by Crippen LogP contribution is 2.30. The number of fused-ring (bicyclic) bond motifs is 1. The monoisotopic (exact) mass is 692 g/mol. The Balaban J connectivity index is 1.20. The van der Waals surface area contributed by atoms with Gasteiger partial charge in [0.25, 0.3) is 5.56 Å². The molecular weight excluding hydrogens is 640 g/mol. The van der Waals surface area contributed by atoms with Crippen molar-refractivity contribution in [3.63, 3.8) is 0 Å². The molecule has 272 valence electrons. The predicted molar refractivity (Wildman–Crippen MR) is 191 cm³/mol. The third-order valence-corrected chi connectivity index (χ3v) is 8.71. The Morgan fingerprint density at radius 2 is 1.78 bits per heavy atom. The number of allylic oxidation sites excluding steroid dienone is 4. The molecule has 3 heterocycles. The number of phenolic OH excluding ortho intramolecular Hbond substituents is 1. The number of nitrogens with one attached hydrogen (secondary N) is 2. The zero-order valence-electron chi connectivity index (χ0n) is 29.0. The van der Waals surface area contributed by atoms with Gasteiger partial charge in [-0.1, -0.05) is 75.5 Å². The number of ether oxygens (including phenoxy) is 2. The van der Waals surface area contributed by atoms with Crippen molar-refractivity contribution in [2.45, 2.75) is 121 Å². The Morgan fingerprint density at radius 3 is 2.52 bits per heavy atom. The van der Waals surface area contributed by atoms with Crippen molar-refractivity contribution in [1.29, 1.82) is 0 Å². The number of nitrogens with zero attached hydrogens (tertiary/aromatic N) is 3. The summed E-state index contributed by atoms with van der Waals surface area (Å²) in [6.45, 7) is 1.96. The number of benzene rings is 1. The molecule has 1 unspecified atom stereocenters. The quantitative estimate of drug-likeness (QED) is 0.0567. The summed E-state index contributed by atoms with van der Waals surface area (Å²) in [6.07, 6.45) is 20.3. The first kappa shape index (κ1) is 38.3. The van der Waals surface area contributed by atoms with Crippen LogP contribution >= 0.6 is 0 Å². The number of esters is 1. The Morgan fingerprint density at radius 1 is 1.08 bits per heavy atom. The van der Waals surface area contributed by atoms with Gasteiger partial charge in [-0.05, 0) is 56.2 Å². The maximum absolute atomic E-state index is 13.3. The zero-order valence-corrected chi connectivity index (χ0v) is 29.0. The molecule has 13 heteroatoms. The molecule has 1 aliphatic heterocycles. The second kappa shape index (κ2) is 20.2. The molecule has 4 atom stereocenters. The molecule has 50 heavy (non-hydrogen) atoms. The molecule has 6 N–H and O–H groups in total. The van der Waals surface area contributed by atoms with Gasteiger partial charge in [0.1, 0.15) is 30.7 Å². The van der Waals surface area contributed by atoms with E-state index < -0.39 is 36.0 Å². The summed E-state index contributed by atoms with van der Waals surface area (Å²) in [5.74, 6) is -0.902. The van der Waals surface area contributed by atoms with Gasteiger partial charge >= 0.3 is 5.97 Å². The summed E-state index contributed by atoms with van der Waals surface area (Å²) in [6, 6.07) is 5.41. The van der Waals surface area contributed by atoms with E-state index in [1.807, 2.05) is 0 Å². The van der Waals surface area contributed by atoms with E-state index in [1.54, 1.807) is 12.1 Å². The Hall–Kier alpha value is -4.49. The van der Waals surface area contributed by atoms with E-state index in [-0.39, 0.29) is 54.6 Å². The van der Waals surface area contributed by atoms with Crippen LogP contribution < -0.4 is 16.6 Å². The molecule has 0 spiro atoms. The molecule has 0 bridgehead atoms. The summed E-state index contributed by atoms with van der Waals surface area (Å²) in [7, 11) is 0. The van der Waals surface area contributed by atoms with Gasteiger partial charge in [0.15, 0.2) is 11.2 Å². The van der Waals surface area contributed by atoms with E-state index in [0.29, 0.717) is 6.42 Å². The van der Waals surface area contributed by atoms with Crippen molar-refractivity contribution in [3.05, 3.63) is 70.8 Å². The van der Waals surface area contributed by atoms with Crippen LogP contribution in [0, 0.1) is 0 Å². The smallest absolute Gasteiger partial charge is 0.329 e. The number of hydrogen-bond donors (Lipinski definition) is 5. The minimum absolute atomic E-state index is 0.0783. The predicted octanol–water partition coefficient (Wildman–Crippen LogP) is 5.14. The molecule has 1 fully saturated rings. The van der Waals surface area contributed by atoms with Crippen LogP contribution in [-0.2, 0) is 25.5 Å². The second-order valence-corrected chi connectivity index (χ2v) is 12.8. The Labute approximate surface area is 293 Å². The number of phenols is 1. The number of aromatic nitrogens is 4. The lowest BCUT2D eigenvalue weighted by atomic mass is 10.0. The molecule has 4 rings (SSSR count). The van der Waals surface area contributed by atoms with Crippen LogP contribution in [0.1, 0.15) is 102 Å². The summed E-state index contributed by atoms with van der Waals surface area (Å²) in [4.78, 5) is 48.9. The lowest BCUT2D eigenvalue weighted by Crippen LogP contribution is -2.44. The van der Waals surface area contributed by atoms with Crippen molar-refractivity contribution in [2.24, 2.45) is 0 Å². The summed E-state index contributed by atoms with van der Waals surface area (Å²) >= 11 is 0. The van der Waals surface area contributed by atoms with Crippen LogP contribution in [-0.4, -0.2) is 66.5 Å². The number of aliphatic hydroxyl groups excluding tert-OH is 1. The fourth-order valence-electron chi connectivity index (χ4n) is 5.88. The third-order valence-electron chi connectivity index (χ3n) is 8.71. The SMILES string of the molecule is CCCCC/C=C\C/C=C\CCCCCCCC(=O)NC(Cc1ccc(O)cc1)C(=O)OC[C@H]1O[C@@H](n2cnc3c(=O)[nH]c(N)nc32)C[C@@H]1O. The number of carbonyl (C=O) groups excluding carboxylic acids is 2. The van der Waals surface area contributed by atoms with Crippen molar-refractivity contribution >= 4 is 29.0 Å². The molecule has 3 aromatic rings. The van der Waals surface area contributed by atoms with Gasteiger partial charge in [0.2, 0.25) is 11.9 Å². The molecule has 0 radical (unpaired) electrons. The standard InChI is InChI=1S/C37H52N6O7/c1-2-3-4-5-6-7-8-9-10-11-12-13-14-15-16-17-31(46)40-28(22-26-18-20-27(44)21-19-26)36(48)49-24-30-29(45)23-32(50-30)43-25-39-33-34(43)41-37(38)42-35(33)47/h6-7,9-10,18-21,25,28-30,32,44-45H,2-5,8,11-17,22-24H2,1H3,(H,40,46)(H3,38,41,42,47)/b7-6-,10-9-/t28?,29-,30+,32+/m0/s1. The molecule has 1 aromatic carbocycles. The number of nitrogens with two attached hydrogens (primary N) is 1. The van der Waals surface area contributed by atoms with E-state index in [2.05, 4.69) is 51.5 Å². The number of imidazole rings is 1. The largest absolute Gasteiger partial charge is 0.508 e.